The number of hydrogen-bond acceptors (Lipinski definition) is 5. The maximum Gasteiger partial charge on any atom is 0.256 e. The average Bonchev–Trinajstić information content (AvgIpc) is 2.98. The molecule has 142 valence electrons. The molecule has 0 fully saturated rings. The van der Waals surface area contributed by atoms with Crippen LogP contribution in [0.3, 0.4) is 0 Å². The second-order valence-corrected chi connectivity index (χ2v) is 5.90. The summed E-state index contributed by atoms with van der Waals surface area (Å²) < 4.78 is 12.5. The Morgan fingerprint density at radius 1 is 1.27 bits per heavy atom. The fraction of sp³-hybridized carbons (Fsp3) is 0.474. The van der Waals surface area contributed by atoms with Crippen molar-refractivity contribution in [1.29, 1.82) is 0 Å². The van der Waals surface area contributed by atoms with Gasteiger partial charge in [0.2, 0.25) is 0 Å². The summed E-state index contributed by atoms with van der Waals surface area (Å²) in [6, 6.07) is 8.13. The fourth-order valence-electron chi connectivity index (χ4n) is 2.68. The van der Waals surface area contributed by atoms with Crippen LogP contribution in [0.2, 0.25) is 0 Å². The third-order valence-corrected chi connectivity index (χ3v) is 4.09. The van der Waals surface area contributed by atoms with Crippen molar-refractivity contribution < 1.29 is 14.3 Å². The number of ether oxygens (including phenoxy) is 2. The molecule has 0 atom stereocenters. The van der Waals surface area contributed by atoms with Crippen molar-refractivity contribution in [3.05, 3.63) is 47.2 Å². The molecule has 26 heavy (non-hydrogen) atoms. The highest BCUT2D eigenvalue weighted by Crippen LogP contribution is 2.13. The first-order valence-corrected chi connectivity index (χ1v) is 8.94. The summed E-state index contributed by atoms with van der Waals surface area (Å²) >= 11 is 0. The van der Waals surface area contributed by atoms with Gasteiger partial charge in [-0.05, 0) is 38.3 Å². The molecule has 2 rings (SSSR count). The number of nitrogens with one attached hydrogen (secondary N) is 1. The Bertz CT molecular complexity index is 709. The number of aromatic nitrogens is 2. The molecule has 7 heteroatoms. The van der Waals surface area contributed by atoms with Crippen molar-refractivity contribution in [2.75, 3.05) is 25.5 Å². The van der Waals surface area contributed by atoms with Crippen LogP contribution in [0.5, 0.6) is 0 Å². The lowest BCUT2D eigenvalue weighted by molar-refractivity contribution is -0.144. The standard InChI is InChI=1S/C19H28N4O3/c1-4-25-17(26-5-2)13-23-18(20)16(12-22-23)19(24)21-11-10-15-9-7-6-8-14(15)3/h6-9,12,17H,4-5,10-11,13,20H2,1-3H3,(H,21,24). The van der Waals surface area contributed by atoms with Gasteiger partial charge in [-0.25, -0.2) is 4.68 Å². The molecule has 0 unspecified atom stereocenters. The van der Waals surface area contributed by atoms with E-state index >= 15 is 0 Å². The molecule has 3 N–H and O–H groups in total. The highest BCUT2D eigenvalue weighted by Gasteiger charge is 2.18. The van der Waals surface area contributed by atoms with Gasteiger partial charge < -0.3 is 20.5 Å². The molecule has 0 spiro atoms. The van der Waals surface area contributed by atoms with Crippen LogP contribution in [0, 0.1) is 6.92 Å². The number of carbonyl (C=O) groups excluding carboxylic acids is 1. The van der Waals surface area contributed by atoms with E-state index in [0.29, 0.717) is 37.7 Å². The van der Waals surface area contributed by atoms with Crippen molar-refractivity contribution in [2.45, 2.75) is 40.0 Å². The van der Waals surface area contributed by atoms with E-state index < -0.39 is 6.29 Å². The quantitative estimate of drug-likeness (QED) is 0.634. The number of hydrogen-bond donors (Lipinski definition) is 2. The first kappa shape index (κ1) is 19.9. The lowest BCUT2D eigenvalue weighted by Gasteiger charge is -2.17. The summed E-state index contributed by atoms with van der Waals surface area (Å²) in [6.45, 7) is 7.78. The highest BCUT2D eigenvalue weighted by molar-refractivity contribution is 5.98. The number of anilines is 1. The average molecular weight is 360 g/mol. The van der Waals surface area contributed by atoms with Gasteiger partial charge in [0, 0.05) is 19.8 Å². The molecule has 1 heterocycles. The highest BCUT2D eigenvalue weighted by atomic mass is 16.7. The van der Waals surface area contributed by atoms with Crippen LogP contribution in [0.25, 0.3) is 0 Å². The smallest absolute Gasteiger partial charge is 0.256 e. The Morgan fingerprint density at radius 3 is 2.62 bits per heavy atom. The maximum absolute atomic E-state index is 12.4. The molecule has 0 aliphatic rings. The monoisotopic (exact) mass is 360 g/mol. The molecule has 1 amide bonds. The molecule has 0 aliphatic heterocycles. The van der Waals surface area contributed by atoms with Crippen molar-refractivity contribution in [2.24, 2.45) is 0 Å². The van der Waals surface area contributed by atoms with E-state index in [9.17, 15) is 4.79 Å². The van der Waals surface area contributed by atoms with Crippen molar-refractivity contribution in [3.63, 3.8) is 0 Å². The van der Waals surface area contributed by atoms with Crippen LogP contribution in [-0.2, 0) is 22.4 Å². The van der Waals surface area contributed by atoms with Gasteiger partial charge in [0.1, 0.15) is 11.4 Å². The molecule has 0 bridgehead atoms. The molecule has 0 saturated carbocycles. The zero-order valence-corrected chi connectivity index (χ0v) is 15.7. The maximum atomic E-state index is 12.4. The molecule has 0 saturated heterocycles. The van der Waals surface area contributed by atoms with Gasteiger partial charge in [0.05, 0.1) is 12.7 Å². The normalized spacial score (nSPS) is 11.1. The van der Waals surface area contributed by atoms with Crippen LogP contribution in [0.15, 0.2) is 30.5 Å². The zero-order valence-electron chi connectivity index (χ0n) is 15.7. The number of amides is 1. The number of nitrogens with zero attached hydrogens (tertiary/aromatic N) is 2. The van der Waals surface area contributed by atoms with Crippen molar-refractivity contribution in [3.8, 4) is 0 Å². The third kappa shape index (κ3) is 5.31. The van der Waals surface area contributed by atoms with E-state index in [2.05, 4.69) is 29.5 Å². The van der Waals surface area contributed by atoms with Gasteiger partial charge in [0.25, 0.3) is 5.91 Å². The summed E-state index contributed by atoms with van der Waals surface area (Å²) in [7, 11) is 0. The van der Waals surface area contributed by atoms with E-state index in [1.807, 2.05) is 26.0 Å². The van der Waals surface area contributed by atoms with Gasteiger partial charge in [-0.3, -0.25) is 4.79 Å². The number of carbonyl (C=O) groups is 1. The van der Waals surface area contributed by atoms with E-state index in [-0.39, 0.29) is 5.91 Å². The lowest BCUT2D eigenvalue weighted by Crippen LogP contribution is -2.27. The van der Waals surface area contributed by atoms with Crippen LogP contribution >= 0.6 is 0 Å². The molecule has 2 aromatic rings. The molecular weight excluding hydrogens is 332 g/mol. The van der Waals surface area contributed by atoms with Crippen molar-refractivity contribution in [1.82, 2.24) is 15.1 Å². The third-order valence-electron chi connectivity index (χ3n) is 4.09. The largest absolute Gasteiger partial charge is 0.383 e. The van der Waals surface area contributed by atoms with Crippen LogP contribution < -0.4 is 11.1 Å². The molecule has 7 nitrogen and oxygen atoms in total. The topological polar surface area (TPSA) is 91.4 Å². The SMILES string of the molecule is CCOC(Cn1ncc(C(=O)NCCc2ccccc2C)c1N)OCC. The first-order chi connectivity index (χ1) is 12.6. The second-order valence-electron chi connectivity index (χ2n) is 5.90. The Kier molecular flexibility index (Phi) is 7.62. The summed E-state index contributed by atoms with van der Waals surface area (Å²) in [4.78, 5) is 12.4. The Balaban J connectivity index is 1.93. The zero-order chi connectivity index (χ0) is 18.9. The summed E-state index contributed by atoms with van der Waals surface area (Å²) in [5.74, 6) is 0.0782. The minimum absolute atomic E-state index is 0.230. The fourth-order valence-corrected chi connectivity index (χ4v) is 2.68. The Morgan fingerprint density at radius 2 is 1.96 bits per heavy atom. The Hall–Kier alpha value is -2.38. The first-order valence-electron chi connectivity index (χ1n) is 8.94. The van der Waals surface area contributed by atoms with Crippen LogP contribution in [0.1, 0.15) is 35.3 Å². The minimum atomic E-state index is -0.441. The minimum Gasteiger partial charge on any atom is -0.383 e. The van der Waals surface area contributed by atoms with E-state index in [1.54, 1.807) is 0 Å². The Labute approximate surface area is 154 Å². The van der Waals surface area contributed by atoms with Gasteiger partial charge in [-0.15, -0.1) is 0 Å². The van der Waals surface area contributed by atoms with Crippen LogP contribution in [-0.4, -0.2) is 41.7 Å². The van der Waals surface area contributed by atoms with E-state index in [1.165, 1.54) is 22.0 Å². The van der Waals surface area contributed by atoms with E-state index in [4.69, 9.17) is 15.2 Å². The lowest BCUT2D eigenvalue weighted by atomic mass is 10.1. The number of benzene rings is 1. The molecule has 1 aromatic heterocycles. The van der Waals surface area contributed by atoms with Gasteiger partial charge >= 0.3 is 0 Å². The number of rotatable bonds is 10. The molecule has 0 aliphatic carbocycles. The van der Waals surface area contributed by atoms with Gasteiger partial charge in [0.15, 0.2) is 6.29 Å². The number of aryl methyl sites for hydroxylation is 1. The van der Waals surface area contributed by atoms with E-state index in [0.717, 1.165) is 6.42 Å². The summed E-state index contributed by atoms with van der Waals surface area (Å²) in [5, 5.41) is 7.09. The predicted molar refractivity (Wildman–Crippen MR) is 101 cm³/mol. The number of nitrogen functional groups attached to an aromatic ring is 1. The summed E-state index contributed by atoms with van der Waals surface area (Å²) in [5.41, 5.74) is 8.87. The molecular formula is C19H28N4O3. The van der Waals surface area contributed by atoms with Gasteiger partial charge in [-0.2, -0.15) is 5.10 Å². The van der Waals surface area contributed by atoms with Crippen molar-refractivity contribution >= 4 is 11.7 Å². The number of nitrogens with two attached hydrogens (primary N) is 1. The molecule has 0 radical (unpaired) electrons. The van der Waals surface area contributed by atoms with Crippen LogP contribution in [0.4, 0.5) is 5.82 Å². The second kappa shape index (κ2) is 9.94. The predicted octanol–water partition coefficient (Wildman–Crippen LogP) is 2.15. The molecule has 1 aromatic carbocycles. The van der Waals surface area contributed by atoms with Gasteiger partial charge in [-0.1, -0.05) is 24.3 Å². The summed E-state index contributed by atoms with van der Waals surface area (Å²) in [6.07, 6.45) is 1.81.